The van der Waals surface area contributed by atoms with Gasteiger partial charge in [-0.25, -0.2) is 9.78 Å². The molecule has 0 spiro atoms. The number of aromatic nitrogens is 2. The van der Waals surface area contributed by atoms with E-state index >= 15 is 0 Å². The van der Waals surface area contributed by atoms with Crippen molar-refractivity contribution in [2.45, 2.75) is 40.0 Å². The van der Waals surface area contributed by atoms with Crippen LogP contribution in [-0.2, 0) is 0 Å². The minimum atomic E-state index is -0.270. The molecule has 1 saturated heterocycles. The first kappa shape index (κ1) is 21.6. The van der Waals surface area contributed by atoms with E-state index in [2.05, 4.69) is 31.9 Å². The molecule has 7 heteroatoms. The number of nitrogens with zero attached hydrogens (tertiary/aromatic N) is 3. The summed E-state index contributed by atoms with van der Waals surface area (Å²) in [7, 11) is 0. The number of anilines is 5. The van der Waals surface area contributed by atoms with E-state index in [4.69, 9.17) is 4.98 Å². The lowest BCUT2D eigenvalue weighted by Gasteiger charge is -2.27. The van der Waals surface area contributed by atoms with Gasteiger partial charge in [-0.05, 0) is 87.6 Å². The zero-order valence-electron chi connectivity index (χ0n) is 18.9. The molecule has 1 aliphatic rings. The number of hydrogen-bond donors (Lipinski definition) is 3. The second-order valence-corrected chi connectivity index (χ2v) is 8.40. The first-order chi connectivity index (χ1) is 15.4. The van der Waals surface area contributed by atoms with Gasteiger partial charge >= 0.3 is 6.03 Å². The lowest BCUT2D eigenvalue weighted by Crippen LogP contribution is -2.31. The van der Waals surface area contributed by atoms with Crippen molar-refractivity contribution in [2.75, 3.05) is 33.9 Å². The Hall–Kier alpha value is -3.61. The van der Waals surface area contributed by atoms with Crippen molar-refractivity contribution in [2.24, 2.45) is 0 Å². The maximum atomic E-state index is 12.3. The SMILES string of the molecule is Cc1cc(C)cc(NC(=O)Nc2ccc(Nc3cc(C)nc(N4CCCCC4)n3)cc2)c1. The van der Waals surface area contributed by atoms with E-state index in [-0.39, 0.29) is 6.03 Å². The fourth-order valence-electron chi connectivity index (χ4n) is 3.98. The van der Waals surface area contributed by atoms with Crippen LogP contribution in [0.25, 0.3) is 0 Å². The number of urea groups is 1. The van der Waals surface area contributed by atoms with Gasteiger partial charge in [-0.1, -0.05) is 6.07 Å². The Labute approximate surface area is 189 Å². The Bertz CT molecular complexity index is 1070. The number of rotatable bonds is 5. The first-order valence-corrected chi connectivity index (χ1v) is 11.1. The number of hydrogen-bond acceptors (Lipinski definition) is 5. The summed E-state index contributed by atoms with van der Waals surface area (Å²) in [6.07, 6.45) is 3.65. The Morgan fingerprint density at radius 1 is 0.781 bits per heavy atom. The van der Waals surface area contributed by atoms with E-state index in [0.717, 1.165) is 53.1 Å². The van der Waals surface area contributed by atoms with Crippen LogP contribution in [0.4, 0.5) is 33.6 Å². The van der Waals surface area contributed by atoms with Crippen LogP contribution in [-0.4, -0.2) is 29.1 Å². The Kier molecular flexibility index (Phi) is 6.54. The average molecular weight is 431 g/mol. The van der Waals surface area contributed by atoms with Gasteiger partial charge in [0.15, 0.2) is 0 Å². The molecule has 0 aliphatic carbocycles. The molecular formula is C25H30N6O. The second-order valence-electron chi connectivity index (χ2n) is 8.40. The summed E-state index contributed by atoms with van der Waals surface area (Å²) in [6, 6.07) is 15.2. The summed E-state index contributed by atoms with van der Waals surface area (Å²) in [5.41, 5.74) is 5.54. The molecule has 0 unspecified atom stereocenters. The maximum absolute atomic E-state index is 12.3. The van der Waals surface area contributed by atoms with Gasteiger partial charge in [-0.2, -0.15) is 4.98 Å². The second kappa shape index (κ2) is 9.68. The van der Waals surface area contributed by atoms with Crippen LogP contribution in [0.1, 0.15) is 36.1 Å². The van der Waals surface area contributed by atoms with Crippen LogP contribution >= 0.6 is 0 Å². The fraction of sp³-hybridized carbons (Fsp3) is 0.320. The van der Waals surface area contributed by atoms with Gasteiger partial charge in [0, 0.05) is 41.9 Å². The number of nitrogens with one attached hydrogen (secondary N) is 3. The van der Waals surface area contributed by atoms with E-state index < -0.39 is 0 Å². The number of aryl methyl sites for hydroxylation is 3. The van der Waals surface area contributed by atoms with E-state index in [1.165, 1.54) is 19.3 Å². The van der Waals surface area contributed by atoms with Gasteiger partial charge in [-0.3, -0.25) is 0 Å². The van der Waals surface area contributed by atoms with Gasteiger partial charge in [-0.15, -0.1) is 0 Å². The number of carbonyl (C=O) groups is 1. The quantitative estimate of drug-likeness (QED) is 0.478. The standard InChI is InChI=1S/C25H30N6O/c1-17-13-18(2)15-22(14-17)29-25(32)28-21-9-7-20(8-10-21)27-23-16-19(3)26-24(30-23)31-11-5-4-6-12-31/h7-10,13-16H,4-6,11-12H2,1-3H3,(H,26,27,30)(H2,28,29,32). The normalized spacial score (nSPS) is 13.5. The van der Waals surface area contributed by atoms with E-state index in [9.17, 15) is 4.79 Å². The van der Waals surface area contributed by atoms with Gasteiger partial charge in [0.25, 0.3) is 0 Å². The van der Waals surface area contributed by atoms with Crippen molar-refractivity contribution in [1.82, 2.24) is 9.97 Å². The molecule has 2 aromatic carbocycles. The topological polar surface area (TPSA) is 82.2 Å². The summed E-state index contributed by atoms with van der Waals surface area (Å²) in [5, 5.41) is 9.11. The predicted octanol–water partition coefficient (Wildman–Crippen LogP) is 5.78. The molecule has 0 atom stereocenters. The van der Waals surface area contributed by atoms with Crippen LogP contribution in [0.5, 0.6) is 0 Å². The number of amides is 2. The zero-order chi connectivity index (χ0) is 22.5. The number of benzene rings is 2. The van der Waals surface area contributed by atoms with Crippen LogP contribution in [0.2, 0.25) is 0 Å². The van der Waals surface area contributed by atoms with Gasteiger partial charge in [0.1, 0.15) is 5.82 Å². The Balaban J connectivity index is 1.38. The van der Waals surface area contributed by atoms with Crippen molar-refractivity contribution < 1.29 is 4.79 Å². The summed E-state index contributed by atoms with van der Waals surface area (Å²) in [6.45, 7) is 8.02. The number of piperidine rings is 1. The smallest absolute Gasteiger partial charge is 0.323 e. The van der Waals surface area contributed by atoms with Crippen LogP contribution < -0.4 is 20.9 Å². The lowest BCUT2D eigenvalue weighted by molar-refractivity contribution is 0.262. The largest absolute Gasteiger partial charge is 0.341 e. The molecule has 166 valence electrons. The van der Waals surface area contributed by atoms with Gasteiger partial charge < -0.3 is 20.9 Å². The van der Waals surface area contributed by atoms with Crippen molar-refractivity contribution in [3.05, 3.63) is 65.4 Å². The molecule has 2 amide bonds. The molecule has 3 aromatic rings. The highest BCUT2D eigenvalue weighted by molar-refractivity contribution is 5.99. The minimum absolute atomic E-state index is 0.270. The molecule has 2 heterocycles. The molecule has 0 radical (unpaired) electrons. The van der Waals surface area contributed by atoms with Crippen LogP contribution in [0.3, 0.4) is 0 Å². The third-order valence-electron chi connectivity index (χ3n) is 5.38. The molecule has 0 bridgehead atoms. The first-order valence-electron chi connectivity index (χ1n) is 11.1. The zero-order valence-corrected chi connectivity index (χ0v) is 18.9. The highest BCUT2D eigenvalue weighted by Gasteiger charge is 2.14. The Morgan fingerprint density at radius 3 is 2.09 bits per heavy atom. The maximum Gasteiger partial charge on any atom is 0.323 e. The van der Waals surface area contributed by atoms with E-state index in [1.54, 1.807) is 0 Å². The van der Waals surface area contributed by atoms with E-state index in [1.807, 2.05) is 63.2 Å². The van der Waals surface area contributed by atoms with Crippen molar-refractivity contribution in [3.8, 4) is 0 Å². The molecule has 7 nitrogen and oxygen atoms in total. The van der Waals surface area contributed by atoms with Crippen LogP contribution in [0, 0.1) is 20.8 Å². The fourth-order valence-corrected chi connectivity index (χ4v) is 3.98. The Morgan fingerprint density at radius 2 is 1.41 bits per heavy atom. The third-order valence-corrected chi connectivity index (χ3v) is 5.38. The summed E-state index contributed by atoms with van der Waals surface area (Å²) < 4.78 is 0. The molecule has 1 aromatic heterocycles. The van der Waals surface area contributed by atoms with Gasteiger partial charge in [0.2, 0.25) is 5.95 Å². The molecule has 1 aliphatic heterocycles. The molecule has 3 N–H and O–H groups in total. The molecule has 0 saturated carbocycles. The molecule has 4 rings (SSSR count). The van der Waals surface area contributed by atoms with Crippen LogP contribution in [0.15, 0.2) is 48.5 Å². The average Bonchev–Trinajstić information content (AvgIpc) is 2.74. The monoisotopic (exact) mass is 430 g/mol. The number of carbonyl (C=O) groups excluding carboxylic acids is 1. The van der Waals surface area contributed by atoms with Gasteiger partial charge in [0.05, 0.1) is 0 Å². The van der Waals surface area contributed by atoms with Crippen molar-refractivity contribution >= 4 is 34.9 Å². The van der Waals surface area contributed by atoms with E-state index in [0.29, 0.717) is 5.69 Å². The molecule has 32 heavy (non-hydrogen) atoms. The third kappa shape index (κ3) is 5.75. The highest BCUT2D eigenvalue weighted by Crippen LogP contribution is 2.22. The van der Waals surface area contributed by atoms with Crippen molar-refractivity contribution in [3.63, 3.8) is 0 Å². The lowest BCUT2D eigenvalue weighted by atomic mass is 10.1. The molecule has 1 fully saturated rings. The minimum Gasteiger partial charge on any atom is -0.341 e. The van der Waals surface area contributed by atoms with Crippen molar-refractivity contribution in [1.29, 1.82) is 0 Å². The summed E-state index contributed by atoms with van der Waals surface area (Å²) >= 11 is 0. The molecular weight excluding hydrogens is 400 g/mol. The summed E-state index contributed by atoms with van der Waals surface area (Å²) in [5.74, 6) is 1.56. The predicted molar refractivity (Wildman–Crippen MR) is 131 cm³/mol. The summed E-state index contributed by atoms with van der Waals surface area (Å²) in [4.78, 5) is 23.9. The highest BCUT2D eigenvalue weighted by atomic mass is 16.2.